The van der Waals surface area contributed by atoms with Gasteiger partial charge < -0.3 is 15.3 Å². The molecule has 1 aromatic carbocycles. The van der Waals surface area contributed by atoms with Crippen LogP contribution in [0.25, 0.3) is 0 Å². The lowest BCUT2D eigenvalue weighted by Crippen LogP contribution is -2.40. The highest BCUT2D eigenvalue weighted by molar-refractivity contribution is 6.30. The number of hydrogen-bond acceptors (Lipinski definition) is 3. The summed E-state index contributed by atoms with van der Waals surface area (Å²) >= 11 is 0. The van der Waals surface area contributed by atoms with E-state index in [1.807, 2.05) is 35.2 Å². The molecule has 1 heterocycles. The van der Waals surface area contributed by atoms with Crippen molar-refractivity contribution < 1.29 is 9.45 Å². The maximum absolute atomic E-state index is 11.9. The van der Waals surface area contributed by atoms with E-state index in [4.69, 9.17) is 10.4 Å². The molecule has 1 fully saturated rings. The fourth-order valence-corrected chi connectivity index (χ4v) is 2.03. The van der Waals surface area contributed by atoms with Crippen molar-refractivity contribution in [3.8, 4) is 0 Å². The van der Waals surface area contributed by atoms with Crippen LogP contribution in [0.4, 0.5) is 5.69 Å². The van der Waals surface area contributed by atoms with Gasteiger partial charge in [-0.25, -0.2) is 0 Å². The van der Waals surface area contributed by atoms with Gasteiger partial charge in [-0.05, 0) is 24.4 Å². The second kappa shape index (κ2) is 5.84. The number of anilines is 1. The highest BCUT2D eigenvalue weighted by Crippen LogP contribution is 2.26. The van der Waals surface area contributed by atoms with Crippen LogP contribution in [0.3, 0.4) is 0 Å². The van der Waals surface area contributed by atoms with Crippen molar-refractivity contribution in [1.29, 1.82) is 0 Å². The molecule has 0 spiro atoms. The van der Waals surface area contributed by atoms with Crippen molar-refractivity contribution in [2.24, 2.45) is 5.73 Å². The summed E-state index contributed by atoms with van der Waals surface area (Å²) in [5.74, 6) is 0.435. The third-order valence-corrected chi connectivity index (χ3v) is 2.90. The van der Waals surface area contributed by atoms with Crippen molar-refractivity contribution in [1.82, 2.24) is 0 Å². The Bertz CT molecular complexity index is 372. The van der Waals surface area contributed by atoms with Crippen LogP contribution in [0.15, 0.2) is 30.3 Å². The van der Waals surface area contributed by atoms with Gasteiger partial charge in [0, 0.05) is 18.7 Å². The van der Waals surface area contributed by atoms with Gasteiger partial charge in [0.2, 0.25) is 5.91 Å². The monoisotopic (exact) mass is 231 g/mol. The van der Waals surface area contributed by atoms with E-state index in [-0.39, 0.29) is 18.5 Å². The average Bonchev–Trinajstić information content (AvgIpc) is 2.39. The molecule has 1 amide bonds. The summed E-state index contributed by atoms with van der Waals surface area (Å²) in [6, 6.07) is 9.71. The summed E-state index contributed by atoms with van der Waals surface area (Å²) in [6.07, 6.45) is 1.39. The highest BCUT2D eigenvalue weighted by Gasteiger charge is 2.27. The summed E-state index contributed by atoms with van der Waals surface area (Å²) in [4.78, 5) is 13.7. The number of amides is 1. The van der Waals surface area contributed by atoms with Gasteiger partial charge in [0.05, 0.1) is 6.73 Å². The first-order chi connectivity index (χ1) is 8.31. The third kappa shape index (κ3) is 3.08. The molecule has 0 aliphatic carbocycles. The van der Waals surface area contributed by atoms with Gasteiger partial charge >= 0.3 is 0 Å². The Hall–Kier alpha value is -1.33. The zero-order chi connectivity index (χ0) is 12.1. The van der Waals surface area contributed by atoms with Crippen molar-refractivity contribution >= 4 is 19.1 Å². The number of hydrogen-bond donors (Lipinski definition) is 1. The Kier molecular flexibility index (Phi) is 4.17. The maximum atomic E-state index is 11.9. The van der Waals surface area contributed by atoms with Crippen LogP contribution in [0.5, 0.6) is 0 Å². The fourth-order valence-electron chi connectivity index (χ4n) is 2.03. The minimum Gasteiger partial charge on any atom is -0.428 e. The quantitative estimate of drug-likeness (QED) is 0.624. The van der Waals surface area contributed by atoms with Crippen molar-refractivity contribution in [2.45, 2.75) is 18.7 Å². The molecule has 1 radical (unpaired) electrons. The molecular weight excluding hydrogens is 215 g/mol. The topological polar surface area (TPSA) is 55.6 Å². The molecule has 89 valence electrons. The van der Waals surface area contributed by atoms with Crippen LogP contribution in [-0.2, 0) is 9.45 Å². The molecule has 5 heteroatoms. The molecule has 0 bridgehead atoms. The molecule has 1 saturated heterocycles. The first-order valence-electron chi connectivity index (χ1n) is 5.81. The maximum Gasteiger partial charge on any atom is 0.299 e. The van der Waals surface area contributed by atoms with Crippen LogP contribution >= 0.6 is 0 Å². The summed E-state index contributed by atoms with van der Waals surface area (Å²) < 4.78 is 5.11. The van der Waals surface area contributed by atoms with Crippen LogP contribution in [0.1, 0.15) is 12.8 Å². The smallest absolute Gasteiger partial charge is 0.299 e. The molecule has 1 aromatic rings. The molecule has 0 aromatic heterocycles. The molecule has 1 atom stereocenters. The predicted molar refractivity (Wildman–Crippen MR) is 67.7 cm³/mol. The SMILES string of the molecule is NCO[B][C@H]1CCC(=O)N(c2ccccc2)C1. The van der Waals surface area contributed by atoms with E-state index >= 15 is 0 Å². The van der Waals surface area contributed by atoms with Crippen molar-refractivity contribution in [3.05, 3.63) is 30.3 Å². The van der Waals surface area contributed by atoms with Gasteiger partial charge in [-0.3, -0.25) is 4.79 Å². The zero-order valence-corrected chi connectivity index (χ0v) is 9.71. The van der Waals surface area contributed by atoms with E-state index in [2.05, 4.69) is 0 Å². The Labute approximate surface area is 102 Å². The van der Waals surface area contributed by atoms with Crippen LogP contribution in [0, 0.1) is 0 Å². The molecule has 17 heavy (non-hydrogen) atoms. The van der Waals surface area contributed by atoms with E-state index in [9.17, 15) is 4.79 Å². The summed E-state index contributed by atoms with van der Waals surface area (Å²) in [5.41, 5.74) is 6.23. The first-order valence-corrected chi connectivity index (χ1v) is 5.81. The minimum atomic E-state index is 0.175. The second-order valence-electron chi connectivity index (χ2n) is 4.11. The van der Waals surface area contributed by atoms with Gasteiger partial charge in [-0.2, -0.15) is 0 Å². The zero-order valence-electron chi connectivity index (χ0n) is 9.71. The fraction of sp³-hybridized carbons (Fsp3) is 0.417. The van der Waals surface area contributed by atoms with Crippen molar-refractivity contribution in [3.63, 3.8) is 0 Å². The number of nitrogens with zero attached hydrogens (tertiary/aromatic N) is 1. The van der Waals surface area contributed by atoms with Crippen molar-refractivity contribution in [2.75, 3.05) is 18.2 Å². The molecule has 1 aliphatic rings. The average molecular weight is 231 g/mol. The standard InChI is InChI=1S/C12H16BN2O2/c14-9-17-13-10-6-7-12(16)15(8-10)11-4-2-1-3-5-11/h1-5,10H,6-9,14H2/t10-/m0/s1. The lowest BCUT2D eigenvalue weighted by molar-refractivity contribution is -0.119. The summed E-state index contributed by atoms with van der Waals surface area (Å²) in [7, 11) is 1.75. The number of piperidine rings is 1. The molecule has 0 unspecified atom stereocenters. The number of benzene rings is 1. The normalized spacial score (nSPS) is 20.4. The largest absolute Gasteiger partial charge is 0.428 e. The Morgan fingerprint density at radius 2 is 2.18 bits per heavy atom. The third-order valence-electron chi connectivity index (χ3n) is 2.90. The van der Waals surface area contributed by atoms with E-state index in [1.165, 1.54) is 0 Å². The number of nitrogens with two attached hydrogens (primary N) is 1. The summed E-state index contributed by atoms with van der Waals surface area (Å²) in [6.45, 7) is 0.860. The number of rotatable bonds is 4. The predicted octanol–water partition coefficient (Wildman–Crippen LogP) is 1.15. The lowest BCUT2D eigenvalue weighted by Gasteiger charge is -2.32. The highest BCUT2D eigenvalue weighted by atomic mass is 16.4. The van der Waals surface area contributed by atoms with E-state index in [1.54, 1.807) is 7.48 Å². The first kappa shape index (κ1) is 12.1. The minimum absolute atomic E-state index is 0.175. The molecule has 1 aliphatic heterocycles. The number of carbonyl (C=O) groups excluding carboxylic acids is 1. The summed E-state index contributed by atoms with van der Waals surface area (Å²) in [5, 5.41) is 0. The van der Waals surface area contributed by atoms with E-state index < -0.39 is 0 Å². The van der Waals surface area contributed by atoms with E-state index in [0.29, 0.717) is 13.0 Å². The van der Waals surface area contributed by atoms with E-state index in [0.717, 1.165) is 12.1 Å². The van der Waals surface area contributed by atoms with Crippen LogP contribution in [-0.4, -0.2) is 26.7 Å². The van der Waals surface area contributed by atoms with Gasteiger partial charge in [0.15, 0.2) is 0 Å². The van der Waals surface area contributed by atoms with Crippen LogP contribution in [0.2, 0.25) is 5.82 Å². The Morgan fingerprint density at radius 1 is 1.41 bits per heavy atom. The number of para-hydroxylation sites is 1. The molecule has 4 nitrogen and oxygen atoms in total. The van der Waals surface area contributed by atoms with Gasteiger partial charge in [-0.15, -0.1) is 0 Å². The van der Waals surface area contributed by atoms with Gasteiger partial charge in [0.25, 0.3) is 7.48 Å². The molecule has 0 saturated carbocycles. The Balaban J connectivity index is 2.02. The van der Waals surface area contributed by atoms with Gasteiger partial charge in [-0.1, -0.05) is 18.2 Å². The number of carbonyl (C=O) groups is 1. The van der Waals surface area contributed by atoms with Gasteiger partial charge in [0.1, 0.15) is 0 Å². The molecular formula is C12H16BN2O2. The Morgan fingerprint density at radius 3 is 2.88 bits per heavy atom. The second-order valence-corrected chi connectivity index (χ2v) is 4.11. The molecule has 2 N–H and O–H groups in total. The lowest BCUT2D eigenvalue weighted by atomic mass is 9.74. The molecule has 2 rings (SSSR count). The van der Waals surface area contributed by atoms with Crippen LogP contribution < -0.4 is 10.6 Å².